The third-order valence-corrected chi connectivity index (χ3v) is 10.6. The second kappa shape index (κ2) is 11.3. The highest BCUT2D eigenvalue weighted by Crippen LogP contribution is 2.32. The van der Waals surface area contributed by atoms with Gasteiger partial charge < -0.3 is 9.30 Å². The fraction of sp³-hybridized carbons (Fsp3) is 0.440. The zero-order valence-electron chi connectivity index (χ0n) is 22.0. The molecule has 14 heteroatoms. The Morgan fingerprint density at radius 3 is 2.64 bits per heavy atom. The van der Waals surface area contributed by atoms with E-state index in [1.807, 2.05) is 0 Å². The van der Waals surface area contributed by atoms with Gasteiger partial charge in [0.05, 0.1) is 16.8 Å². The average Bonchev–Trinajstić information content (AvgIpc) is 3.44. The standard InChI is InChI=1S/C25H30BrF3N4O4SSi/c1-31(38(35,36)33-8-7-17(27)13-33)21-6-5-20(28)22(23(21)29)24(34)19-14-32(15-37-9-10-39(2,3)4)25-18(19)11-16(26)12-30-25/h5-6,11-12,14,17H,7-10,13,15H2,1-4H3/t17-/m1/s1. The smallest absolute Gasteiger partial charge is 0.304 e. The van der Waals surface area contributed by atoms with E-state index in [9.17, 15) is 22.0 Å². The van der Waals surface area contributed by atoms with Crippen LogP contribution in [0.2, 0.25) is 25.7 Å². The molecule has 1 saturated heterocycles. The SMILES string of the molecule is CN(c1ccc(F)c(C(=O)c2cn(COCC[Si](C)(C)C)c3ncc(Br)cc23)c1F)S(=O)(=O)N1CC[C@@H](F)C1. The highest BCUT2D eigenvalue weighted by atomic mass is 79.9. The van der Waals surface area contributed by atoms with Gasteiger partial charge in [-0.3, -0.25) is 9.10 Å². The summed E-state index contributed by atoms with van der Waals surface area (Å²) in [7, 11) is -4.56. The molecular formula is C25H30BrF3N4O4SSi. The van der Waals surface area contributed by atoms with E-state index in [4.69, 9.17) is 4.74 Å². The van der Waals surface area contributed by atoms with Crippen LogP contribution in [0.25, 0.3) is 11.0 Å². The molecule has 4 rings (SSSR count). The summed E-state index contributed by atoms with van der Waals surface area (Å²) < 4.78 is 79.8. The first kappa shape index (κ1) is 29.7. The first-order valence-electron chi connectivity index (χ1n) is 12.3. The van der Waals surface area contributed by atoms with E-state index < -0.39 is 53.1 Å². The Labute approximate surface area is 235 Å². The third-order valence-electron chi connectivity index (χ3n) is 6.55. The van der Waals surface area contributed by atoms with E-state index >= 15 is 4.39 Å². The van der Waals surface area contributed by atoms with Gasteiger partial charge in [-0.2, -0.15) is 12.7 Å². The van der Waals surface area contributed by atoms with E-state index in [0.29, 0.717) is 26.4 Å². The lowest BCUT2D eigenvalue weighted by atomic mass is 10.0. The minimum atomic E-state index is -4.31. The maximum Gasteiger partial charge on any atom is 0.304 e. The molecule has 0 unspecified atom stereocenters. The first-order chi connectivity index (χ1) is 18.2. The van der Waals surface area contributed by atoms with Crippen molar-refractivity contribution in [3.8, 4) is 0 Å². The molecule has 1 aliphatic heterocycles. The molecule has 1 aromatic carbocycles. The van der Waals surface area contributed by atoms with Crippen LogP contribution in [-0.2, 0) is 21.7 Å². The van der Waals surface area contributed by atoms with Gasteiger partial charge in [-0.15, -0.1) is 0 Å². The molecule has 0 spiro atoms. The fourth-order valence-corrected chi connectivity index (χ4v) is 6.80. The lowest BCUT2D eigenvalue weighted by Gasteiger charge is -2.26. The molecule has 0 aliphatic carbocycles. The Balaban J connectivity index is 1.71. The van der Waals surface area contributed by atoms with Crippen LogP contribution in [0, 0.1) is 11.6 Å². The molecule has 0 bridgehead atoms. The number of carbonyl (C=O) groups is 1. The Bertz CT molecular complexity index is 1510. The van der Waals surface area contributed by atoms with E-state index in [-0.39, 0.29) is 31.8 Å². The Morgan fingerprint density at radius 1 is 1.28 bits per heavy atom. The number of halogens is 4. The number of rotatable bonds is 10. The van der Waals surface area contributed by atoms with Crippen molar-refractivity contribution in [2.24, 2.45) is 0 Å². The third kappa shape index (κ3) is 6.24. The number of aromatic nitrogens is 2. The van der Waals surface area contributed by atoms with Crippen molar-refractivity contribution in [1.82, 2.24) is 13.9 Å². The monoisotopic (exact) mass is 646 g/mol. The van der Waals surface area contributed by atoms with Gasteiger partial charge in [-0.1, -0.05) is 19.6 Å². The Kier molecular flexibility index (Phi) is 8.62. The van der Waals surface area contributed by atoms with E-state index in [1.165, 1.54) is 12.4 Å². The van der Waals surface area contributed by atoms with Crippen molar-refractivity contribution < 1.29 is 31.1 Å². The van der Waals surface area contributed by atoms with Crippen LogP contribution in [0.5, 0.6) is 0 Å². The van der Waals surface area contributed by atoms with Crippen LogP contribution in [0.3, 0.4) is 0 Å². The molecule has 0 saturated carbocycles. The number of hydrogen-bond donors (Lipinski definition) is 0. The lowest BCUT2D eigenvalue weighted by Crippen LogP contribution is -2.41. The first-order valence-corrected chi connectivity index (χ1v) is 18.2. The van der Waals surface area contributed by atoms with Gasteiger partial charge >= 0.3 is 10.2 Å². The summed E-state index contributed by atoms with van der Waals surface area (Å²) in [6, 6.07) is 4.33. The summed E-state index contributed by atoms with van der Waals surface area (Å²) in [5, 5.41) is 0.347. The number of nitrogens with zero attached hydrogens (tertiary/aromatic N) is 4. The second-order valence-electron chi connectivity index (χ2n) is 10.7. The molecule has 0 N–H and O–H groups in total. The quantitative estimate of drug-likeness (QED) is 0.169. The summed E-state index contributed by atoms with van der Waals surface area (Å²) in [6.45, 7) is 6.84. The summed E-state index contributed by atoms with van der Waals surface area (Å²) in [5.74, 6) is -3.46. The van der Waals surface area contributed by atoms with Crippen LogP contribution in [0.1, 0.15) is 22.3 Å². The molecular weight excluding hydrogens is 617 g/mol. The maximum atomic E-state index is 15.7. The Morgan fingerprint density at radius 2 is 2.00 bits per heavy atom. The number of anilines is 1. The number of carbonyl (C=O) groups excluding carboxylic acids is 1. The molecule has 1 atom stereocenters. The topological polar surface area (TPSA) is 84.7 Å². The van der Waals surface area contributed by atoms with Crippen LogP contribution in [0.4, 0.5) is 18.9 Å². The molecule has 39 heavy (non-hydrogen) atoms. The number of ether oxygens (including phenoxy) is 1. The molecule has 2 aromatic heterocycles. The zero-order valence-corrected chi connectivity index (χ0v) is 25.5. The molecule has 3 heterocycles. The van der Waals surface area contributed by atoms with Gasteiger partial charge in [0, 0.05) is 57.1 Å². The van der Waals surface area contributed by atoms with Crippen molar-refractivity contribution in [3.63, 3.8) is 0 Å². The van der Waals surface area contributed by atoms with Gasteiger partial charge in [0.25, 0.3) is 0 Å². The summed E-state index contributed by atoms with van der Waals surface area (Å²) in [5.41, 5.74) is -1.06. The molecule has 0 amide bonds. The van der Waals surface area contributed by atoms with Gasteiger partial charge in [0.1, 0.15) is 24.4 Å². The molecule has 3 aromatic rings. The van der Waals surface area contributed by atoms with E-state index in [1.54, 1.807) is 10.6 Å². The van der Waals surface area contributed by atoms with Crippen LogP contribution in [-0.4, -0.2) is 69.0 Å². The van der Waals surface area contributed by atoms with Crippen molar-refractivity contribution in [2.75, 3.05) is 31.0 Å². The predicted molar refractivity (Wildman–Crippen MR) is 150 cm³/mol. The molecule has 0 radical (unpaired) electrons. The molecule has 8 nitrogen and oxygen atoms in total. The highest BCUT2D eigenvalue weighted by Gasteiger charge is 2.36. The summed E-state index contributed by atoms with van der Waals surface area (Å²) in [6.07, 6.45) is 1.67. The maximum absolute atomic E-state index is 15.7. The van der Waals surface area contributed by atoms with Gasteiger partial charge in [0.2, 0.25) is 5.78 Å². The minimum absolute atomic E-state index is 0.0205. The Hall–Kier alpha value is -2.26. The van der Waals surface area contributed by atoms with E-state index in [0.717, 1.165) is 29.5 Å². The van der Waals surface area contributed by atoms with Crippen LogP contribution >= 0.6 is 15.9 Å². The fourth-order valence-electron chi connectivity index (χ4n) is 4.29. The number of hydrogen-bond acceptors (Lipinski definition) is 5. The van der Waals surface area contributed by atoms with Crippen molar-refractivity contribution >= 4 is 56.7 Å². The van der Waals surface area contributed by atoms with Crippen LogP contribution < -0.4 is 4.31 Å². The predicted octanol–water partition coefficient (Wildman–Crippen LogP) is 5.35. The number of benzene rings is 1. The normalized spacial score (nSPS) is 16.8. The lowest BCUT2D eigenvalue weighted by molar-refractivity contribution is 0.0896. The number of alkyl halides is 1. The average molecular weight is 648 g/mol. The van der Waals surface area contributed by atoms with Crippen molar-refractivity contribution in [2.45, 2.75) is 45.0 Å². The molecule has 1 fully saturated rings. The summed E-state index contributed by atoms with van der Waals surface area (Å²) >= 11 is 3.32. The van der Waals surface area contributed by atoms with E-state index in [2.05, 4.69) is 40.6 Å². The van der Waals surface area contributed by atoms with Gasteiger partial charge in [0.15, 0.2) is 5.82 Å². The number of pyridine rings is 1. The van der Waals surface area contributed by atoms with Crippen LogP contribution in [0.15, 0.2) is 35.1 Å². The molecule has 212 valence electrons. The minimum Gasteiger partial charge on any atom is -0.361 e. The van der Waals surface area contributed by atoms with Crippen molar-refractivity contribution in [3.05, 3.63) is 57.8 Å². The molecule has 1 aliphatic rings. The number of ketones is 1. The van der Waals surface area contributed by atoms with Gasteiger partial charge in [-0.05, 0) is 46.6 Å². The number of fused-ring (bicyclic) bond motifs is 1. The highest BCUT2D eigenvalue weighted by molar-refractivity contribution is 9.10. The second-order valence-corrected chi connectivity index (χ2v) is 19.2. The van der Waals surface area contributed by atoms with Gasteiger partial charge in [-0.25, -0.2) is 18.2 Å². The largest absolute Gasteiger partial charge is 0.361 e. The summed E-state index contributed by atoms with van der Waals surface area (Å²) in [4.78, 5) is 18.0. The zero-order chi connectivity index (χ0) is 28.7. The van der Waals surface area contributed by atoms with Crippen molar-refractivity contribution in [1.29, 1.82) is 0 Å².